The normalized spacial score (nSPS) is 40.7. The van der Waals surface area contributed by atoms with Crippen LogP contribution >= 0.6 is 12.4 Å². The number of hydrogen-bond acceptors (Lipinski definition) is 3. The van der Waals surface area contributed by atoms with Crippen LogP contribution in [0.2, 0.25) is 0 Å². The number of likely N-dealkylation sites (tertiary alicyclic amines) is 1. The molecule has 0 spiro atoms. The lowest BCUT2D eigenvalue weighted by Crippen LogP contribution is -2.46. The number of aliphatic hydroxyl groups excluding tert-OH is 1. The average molecular weight is 249 g/mol. The van der Waals surface area contributed by atoms with Crippen molar-refractivity contribution in [2.45, 2.75) is 32.8 Å². The van der Waals surface area contributed by atoms with Gasteiger partial charge in [-0.05, 0) is 30.7 Å². The molecular weight excluding hydrogens is 224 g/mol. The van der Waals surface area contributed by atoms with Gasteiger partial charge in [0.1, 0.15) is 0 Å². The van der Waals surface area contributed by atoms with Gasteiger partial charge in [0.25, 0.3) is 0 Å². The first-order valence-electron chi connectivity index (χ1n) is 6.20. The number of hydrogen-bond donors (Lipinski definition) is 2. The van der Waals surface area contributed by atoms with E-state index in [1.165, 1.54) is 19.5 Å². The maximum absolute atomic E-state index is 9.68. The Kier molecular flexibility index (Phi) is 5.05. The number of aliphatic hydroxyl groups is 1. The minimum atomic E-state index is -0.0734. The highest BCUT2D eigenvalue weighted by Gasteiger charge is 2.33. The van der Waals surface area contributed by atoms with E-state index in [1.807, 2.05) is 0 Å². The van der Waals surface area contributed by atoms with Gasteiger partial charge in [0.15, 0.2) is 0 Å². The Morgan fingerprint density at radius 2 is 2.25 bits per heavy atom. The lowest BCUT2D eigenvalue weighted by molar-refractivity contribution is 0.0211. The highest BCUT2D eigenvalue weighted by atomic mass is 35.5. The minimum absolute atomic E-state index is 0. The molecule has 2 N–H and O–H groups in total. The number of nitrogens with one attached hydrogen (secondary N) is 1. The van der Waals surface area contributed by atoms with Gasteiger partial charge in [-0.1, -0.05) is 13.8 Å². The molecule has 16 heavy (non-hydrogen) atoms. The summed E-state index contributed by atoms with van der Waals surface area (Å²) in [6, 6.07) is 0. The molecule has 0 aromatic heterocycles. The van der Waals surface area contributed by atoms with Gasteiger partial charge in [0.05, 0.1) is 6.10 Å². The average Bonchev–Trinajstić information content (AvgIpc) is 2.59. The van der Waals surface area contributed by atoms with E-state index < -0.39 is 0 Å². The van der Waals surface area contributed by atoms with Crippen molar-refractivity contribution in [3.8, 4) is 0 Å². The maximum Gasteiger partial charge on any atom is 0.0590 e. The van der Waals surface area contributed by atoms with E-state index in [9.17, 15) is 5.11 Å². The summed E-state index contributed by atoms with van der Waals surface area (Å²) in [5, 5.41) is 13.1. The van der Waals surface area contributed by atoms with E-state index in [1.54, 1.807) is 0 Å². The number of halogens is 1. The molecule has 0 aromatic rings. The first-order valence-corrected chi connectivity index (χ1v) is 6.20. The number of nitrogens with zero attached hydrogens (tertiary/aromatic N) is 1. The molecule has 2 aliphatic heterocycles. The van der Waals surface area contributed by atoms with Crippen LogP contribution in [0.1, 0.15) is 26.7 Å². The molecule has 3 unspecified atom stereocenters. The molecule has 0 bridgehead atoms. The summed E-state index contributed by atoms with van der Waals surface area (Å²) < 4.78 is 0. The van der Waals surface area contributed by atoms with Crippen molar-refractivity contribution in [3.63, 3.8) is 0 Å². The summed E-state index contributed by atoms with van der Waals surface area (Å²) in [7, 11) is 0. The molecule has 3 atom stereocenters. The molecule has 2 rings (SSSR count). The van der Waals surface area contributed by atoms with Gasteiger partial charge in [0.2, 0.25) is 0 Å². The molecule has 96 valence electrons. The van der Waals surface area contributed by atoms with Crippen molar-refractivity contribution in [1.82, 2.24) is 10.2 Å². The zero-order valence-corrected chi connectivity index (χ0v) is 11.2. The maximum atomic E-state index is 9.68. The molecule has 0 amide bonds. The van der Waals surface area contributed by atoms with Gasteiger partial charge in [-0.25, -0.2) is 0 Å². The fourth-order valence-corrected chi connectivity index (χ4v) is 2.91. The van der Waals surface area contributed by atoms with Crippen LogP contribution in [0.25, 0.3) is 0 Å². The van der Waals surface area contributed by atoms with E-state index in [0.717, 1.165) is 26.1 Å². The monoisotopic (exact) mass is 248 g/mol. The fourth-order valence-electron chi connectivity index (χ4n) is 2.91. The number of piperidine rings is 1. The summed E-state index contributed by atoms with van der Waals surface area (Å²) in [5.41, 5.74) is 0.460. The summed E-state index contributed by atoms with van der Waals surface area (Å²) in [6.45, 7) is 10.2. The highest BCUT2D eigenvalue weighted by Crippen LogP contribution is 2.28. The molecule has 0 saturated carbocycles. The van der Waals surface area contributed by atoms with Gasteiger partial charge in [0, 0.05) is 26.2 Å². The Morgan fingerprint density at radius 1 is 1.50 bits per heavy atom. The van der Waals surface area contributed by atoms with E-state index in [0.29, 0.717) is 11.3 Å². The largest absolute Gasteiger partial charge is 0.393 e. The van der Waals surface area contributed by atoms with Crippen molar-refractivity contribution in [2.24, 2.45) is 11.3 Å². The van der Waals surface area contributed by atoms with Crippen LogP contribution in [-0.2, 0) is 0 Å². The Labute approximate surface area is 105 Å². The molecule has 2 fully saturated rings. The molecule has 2 aliphatic rings. The molecule has 3 nitrogen and oxygen atoms in total. The zero-order chi connectivity index (χ0) is 10.9. The van der Waals surface area contributed by atoms with E-state index in [2.05, 4.69) is 24.1 Å². The van der Waals surface area contributed by atoms with Crippen LogP contribution < -0.4 is 5.32 Å². The van der Waals surface area contributed by atoms with Gasteiger partial charge in [-0.15, -0.1) is 12.4 Å². The Morgan fingerprint density at radius 3 is 2.81 bits per heavy atom. The van der Waals surface area contributed by atoms with Gasteiger partial charge < -0.3 is 15.3 Å². The van der Waals surface area contributed by atoms with Crippen molar-refractivity contribution >= 4 is 12.4 Å². The fraction of sp³-hybridized carbons (Fsp3) is 1.00. The van der Waals surface area contributed by atoms with Gasteiger partial charge in [-0.3, -0.25) is 0 Å². The van der Waals surface area contributed by atoms with Crippen LogP contribution in [0.4, 0.5) is 0 Å². The second-order valence-corrected chi connectivity index (χ2v) is 5.81. The third-order valence-electron chi connectivity index (χ3n) is 4.01. The highest BCUT2D eigenvalue weighted by molar-refractivity contribution is 5.85. The topological polar surface area (TPSA) is 35.5 Å². The third-order valence-corrected chi connectivity index (χ3v) is 4.01. The van der Waals surface area contributed by atoms with Crippen LogP contribution in [0.3, 0.4) is 0 Å². The van der Waals surface area contributed by atoms with Gasteiger partial charge >= 0.3 is 0 Å². The zero-order valence-electron chi connectivity index (χ0n) is 10.4. The minimum Gasteiger partial charge on any atom is -0.393 e. The molecule has 2 saturated heterocycles. The second kappa shape index (κ2) is 5.67. The first kappa shape index (κ1) is 14.2. The molecule has 0 aliphatic carbocycles. The summed E-state index contributed by atoms with van der Waals surface area (Å²) in [6.07, 6.45) is 2.17. The van der Waals surface area contributed by atoms with Crippen LogP contribution in [0.15, 0.2) is 0 Å². The lowest BCUT2D eigenvalue weighted by atomic mass is 9.87. The first-order chi connectivity index (χ1) is 7.09. The second-order valence-electron chi connectivity index (χ2n) is 5.81. The van der Waals surface area contributed by atoms with E-state index in [4.69, 9.17) is 0 Å². The van der Waals surface area contributed by atoms with Crippen molar-refractivity contribution in [3.05, 3.63) is 0 Å². The summed E-state index contributed by atoms with van der Waals surface area (Å²) in [4.78, 5) is 2.53. The van der Waals surface area contributed by atoms with Crippen molar-refractivity contribution in [2.75, 3.05) is 32.7 Å². The third kappa shape index (κ3) is 3.33. The summed E-state index contributed by atoms with van der Waals surface area (Å²) in [5.74, 6) is 0.441. The molecule has 2 heterocycles. The van der Waals surface area contributed by atoms with Crippen molar-refractivity contribution in [1.29, 1.82) is 0 Å². The molecular formula is C12H25ClN2O. The Balaban J connectivity index is 0.00000128. The summed E-state index contributed by atoms with van der Waals surface area (Å²) >= 11 is 0. The quantitative estimate of drug-likeness (QED) is 0.769. The Hall–Kier alpha value is 0.170. The standard InChI is InChI=1S/C12H24N2O.ClH/c1-10-7-14(6-3-11(10)15)9-12(2)4-5-13-8-12;/h10-11,13,15H,3-9H2,1-2H3;1H. The van der Waals surface area contributed by atoms with Gasteiger partial charge in [-0.2, -0.15) is 0 Å². The van der Waals surface area contributed by atoms with Crippen LogP contribution in [-0.4, -0.2) is 48.8 Å². The van der Waals surface area contributed by atoms with Crippen LogP contribution in [0.5, 0.6) is 0 Å². The molecule has 0 radical (unpaired) electrons. The predicted octanol–water partition coefficient (Wildman–Crippen LogP) is 1.11. The smallest absolute Gasteiger partial charge is 0.0590 e. The van der Waals surface area contributed by atoms with E-state index in [-0.39, 0.29) is 18.5 Å². The molecule has 0 aromatic carbocycles. The Bertz CT molecular complexity index is 219. The lowest BCUT2D eigenvalue weighted by Gasteiger charge is -2.38. The number of rotatable bonds is 2. The molecule has 4 heteroatoms. The van der Waals surface area contributed by atoms with Crippen LogP contribution in [0, 0.1) is 11.3 Å². The SMILES string of the molecule is CC1CN(CC2(C)CCNC2)CCC1O.Cl. The van der Waals surface area contributed by atoms with E-state index >= 15 is 0 Å². The predicted molar refractivity (Wildman–Crippen MR) is 69.1 cm³/mol. The van der Waals surface area contributed by atoms with Crippen molar-refractivity contribution < 1.29 is 5.11 Å².